The summed E-state index contributed by atoms with van der Waals surface area (Å²) in [5.74, 6) is -0.283. The first kappa shape index (κ1) is 18.9. The van der Waals surface area contributed by atoms with E-state index in [2.05, 4.69) is 16.5 Å². The lowest BCUT2D eigenvalue weighted by atomic mass is 9.97. The molecule has 6 heteroatoms. The Bertz CT molecular complexity index is 1100. The third kappa shape index (κ3) is 2.95. The highest BCUT2D eigenvalue weighted by atomic mass is 35.5. The number of ether oxygens (including phenoxy) is 1. The molecule has 0 aliphatic carbocycles. The molecule has 2 bridgehead atoms. The fourth-order valence-corrected chi connectivity index (χ4v) is 5.38. The van der Waals surface area contributed by atoms with Gasteiger partial charge in [0.1, 0.15) is 0 Å². The smallest absolute Gasteiger partial charge is 0.165 e. The molecule has 3 atom stereocenters. The zero-order valence-corrected chi connectivity index (χ0v) is 17.3. The summed E-state index contributed by atoms with van der Waals surface area (Å²) in [5, 5.41) is 12.8. The molecule has 152 valence electrons. The summed E-state index contributed by atoms with van der Waals surface area (Å²) in [5.41, 5.74) is 4.24. The summed E-state index contributed by atoms with van der Waals surface area (Å²) >= 11 is 6.33. The van der Waals surface area contributed by atoms with Crippen molar-refractivity contribution in [2.45, 2.75) is 44.0 Å². The molecule has 1 saturated heterocycles. The number of benzene rings is 2. The van der Waals surface area contributed by atoms with Crippen LogP contribution in [0.5, 0.6) is 5.75 Å². The van der Waals surface area contributed by atoms with Gasteiger partial charge in [-0.3, -0.25) is 4.90 Å². The molecule has 2 aliphatic rings. The van der Waals surface area contributed by atoms with E-state index in [0.717, 1.165) is 28.8 Å². The van der Waals surface area contributed by atoms with Crippen LogP contribution in [0.15, 0.2) is 36.4 Å². The Labute approximate surface area is 174 Å². The van der Waals surface area contributed by atoms with Gasteiger partial charge in [-0.15, -0.1) is 0 Å². The van der Waals surface area contributed by atoms with Crippen molar-refractivity contribution in [2.24, 2.45) is 0 Å². The van der Waals surface area contributed by atoms with E-state index in [9.17, 15) is 9.50 Å². The molecule has 1 fully saturated rings. The largest absolute Gasteiger partial charge is 0.494 e. The zero-order chi connectivity index (χ0) is 20.3. The first-order valence-electron chi connectivity index (χ1n) is 10.0. The standard InChI is InChI=1S/C23H24ClFN2O2/c1-26-15-5-7-19(26)23-16-10-14(24)4-6-18(16)27(20(23)11-15)12-21(28)13-3-8-22(29-2)17(25)9-13/h3-4,6,8-10,15,19,21,28H,5,7,11-12H2,1-2H3. The summed E-state index contributed by atoms with van der Waals surface area (Å²) in [6.07, 6.45) is 2.47. The summed E-state index contributed by atoms with van der Waals surface area (Å²) in [6.45, 7) is 0.377. The van der Waals surface area contributed by atoms with Crippen molar-refractivity contribution >= 4 is 22.5 Å². The number of nitrogens with zero attached hydrogens (tertiary/aromatic N) is 2. The maximum atomic E-state index is 14.2. The van der Waals surface area contributed by atoms with Gasteiger partial charge in [0, 0.05) is 40.1 Å². The third-order valence-corrected chi connectivity index (χ3v) is 6.93. The van der Waals surface area contributed by atoms with Crippen molar-refractivity contribution in [3.8, 4) is 5.75 Å². The number of fused-ring (bicyclic) bond motifs is 6. The molecule has 29 heavy (non-hydrogen) atoms. The number of likely N-dealkylation sites (N-methyl/N-ethyl adjacent to an activating group) is 1. The molecule has 0 spiro atoms. The number of aliphatic hydroxyl groups is 1. The van der Waals surface area contributed by atoms with Gasteiger partial charge in [-0.1, -0.05) is 17.7 Å². The predicted octanol–water partition coefficient (Wildman–Crippen LogP) is 4.87. The lowest BCUT2D eigenvalue weighted by Crippen LogP contribution is -2.34. The second-order valence-electron chi connectivity index (χ2n) is 8.16. The van der Waals surface area contributed by atoms with Crippen LogP contribution < -0.4 is 4.74 Å². The number of hydrogen-bond donors (Lipinski definition) is 1. The Kier molecular flexibility index (Phi) is 4.57. The zero-order valence-electron chi connectivity index (χ0n) is 16.5. The summed E-state index contributed by atoms with van der Waals surface area (Å²) in [4.78, 5) is 2.47. The molecule has 3 heterocycles. The Morgan fingerprint density at radius 3 is 2.83 bits per heavy atom. The minimum Gasteiger partial charge on any atom is -0.494 e. The minimum absolute atomic E-state index is 0.180. The van der Waals surface area contributed by atoms with Crippen LogP contribution in [-0.4, -0.2) is 34.8 Å². The van der Waals surface area contributed by atoms with Gasteiger partial charge in [-0.2, -0.15) is 0 Å². The molecule has 0 amide bonds. The van der Waals surface area contributed by atoms with E-state index < -0.39 is 11.9 Å². The van der Waals surface area contributed by atoms with Crippen LogP contribution in [0.2, 0.25) is 5.02 Å². The van der Waals surface area contributed by atoms with Crippen molar-refractivity contribution < 1.29 is 14.2 Å². The molecule has 3 unspecified atom stereocenters. The molecule has 0 saturated carbocycles. The topological polar surface area (TPSA) is 37.6 Å². The molecule has 2 aliphatic heterocycles. The fraction of sp³-hybridized carbons (Fsp3) is 0.391. The number of aromatic nitrogens is 1. The van der Waals surface area contributed by atoms with Crippen LogP contribution in [0.4, 0.5) is 4.39 Å². The van der Waals surface area contributed by atoms with E-state index in [0.29, 0.717) is 24.2 Å². The van der Waals surface area contributed by atoms with E-state index in [1.165, 1.54) is 30.9 Å². The molecule has 3 aromatic rings. The van der Waals surface area contributed by atoms with Crippen LogP contribution in [0.3, 0.4) is 0 Å². The first-order chi connectivity index (χ1) is 14.0. The second-order valence-corrected chi connectivity index (χ2v) is 8.60. The predicted molar refractivity (Wildman–Crippen MR) is 112 cm³/mol. The van der Waals surface area contributed by atoms with Gasteiger partial charge < -0.3 is 14.4 Å². The highest BCUT2D eigenvalue weighted by molar-refractivity contribution is 6.31. The Morgan fingerprint density at radius 1 is 1.24 bits per heavy atom. The summed E-state index contributed by atoms with van der Waals surface area (Å²) in [6, 6.07) is 11.5. The van der Waals surface area contributed by atoms with Gasteiger partial charge >= 0.3 is 0 Å². The molecular weight excluding hydrogens is 391 g/mol. The fourth-order valence-electron chi connectivity index (χ4n) is 5.20. The molecule has 5 rings (SSSR count). The number of methoxy groups -OCH3 is 1. The van der Waals surface area contributed by atoms with Crippen molar-refractivity contribution in [1.29, 1.82) is 0 Å². The third-order valence-electron chi connectivity index (χ3n) is 6.70. The number of rotatable bonds is 4. The van der Waals surface area contributed by atoms with Crippen molar-refractivity contribution in [1.82, 2.24) is 9.47 Å². The minimum atomic E-state index is -0.817. The quantitative estimate of drug-likeness (QED) is 0.662. The van der Waals surface area contributed by atoms with Crippen molar-refractivity contribution in [2.75, 3.05) is 14.2 Å². The Morgan fingerprint density at radius 2 is 2.07 bits per heavy atom. The van der Waals surface area contributed by atoms with Crippen molar-refractivity contribution in [3.63, 3.8) is 0 Å². The van der Waals surface area contributed by atoms with Gasteiger partial charge in [-0.05, 0) is 61.3 Å². The number of halogens is 2. The first-order valence-corrected chi connectivity index (χ1v) is 10.4. The van der Waals surface area contributed by atoms with E-state index in [1.54, 1.807) is 12.1 Å². The maximum absolute atomic E-state index is 14.2. The second kappa shape index (κ2) is 7.01. The summed E-state index contributed by atoms with van der Waals surface area (Å²) < 4.78 is 21.4. The molecular formula is C23H24ClFN2O2. The van der Waals surface area contributed by atoms with Gasteiger partial charge in [0.25, 0.3) is 0 Å². The number of aliphatic hydroxyl groups excluding tert-OH is 1. The normalized spacial score (nSPS) is 22.1. The van der Waals surface area contributed by atoms with Crippen LogP contribution in [0.1, 0.15) is 41.8 Å². The van der Waals surface area contributed by atoms with Crippen molar-refractivity contribution in [3.05, 3.63) is 64.1 Å². The van der Waals surface area contributed by atoms with Gasteiger partial charge in [0.2, 0.25) is 0 Å². The van der Waals surface area contributed by atoms with Crippen LogP contribution in [0.25, 0.3) is 10.9 Å². The average Bonchev–Trinajstić information content (AvgIpc) is 3.11. The summed E-state index contributed by atoms with van der Waals surface area (Å²) in [7, 11) is 3.64. The molecule has 0 radical (unpaired) electrons. The van der Waals surface area contributed by atoms with E-state index >= 15 is 0 Å². The SMILES string of the molecule is COc1ccc(C(O)Cn2c3c(c4cc(Cl)ccc42)C2CCC(C3)N2C)cc1F. The lowest BCUT2D eigenvalue weighted by Gasteiger charge is -2.32. The molecule has 4 nitrogen and oxygen atoms in total. The Hall–Kier alpha value is -2.08. The lowest BCUT2D eigenvalue weighted by molar-refractivity contribution is 0.154. The van der Waals surface area contributed by atoms with Crippen LogP contribution in [0, 0.1) is 5.82 Å². The van der Waals surface area contributed by atoms with Crippen LogP contribution >= 0.6 is 11.6 Å². The van der Waals surface area contributed by atoms with Gasteiger partial charge in [0.05, 0.1) is 19.8 Å². The highest BCUT2D eigenvalue weighted by Gasteiger charge is 2.41. The molecule has 1 aromatic heterocycles. The van der Waals surface area contributed by atoms with Gasteiger partial charge in [-0.25, -0.2) is 4.39 Å². The number of hydrogen-bond acceptors (Lipinski definition) is 3. The van der Waals surface area contributed by atoms with E-state index in [4.69, 9.17) is 16.3 Å². The van der Waals surface area contributed by atoms with Gasteiger partial charge in [0.15, 0.2) is 11.6 Å². The Balaban J connectivity index is 1.59. The maximum Gasteiger partial charge on any atom is 0.165 e. The van der Waals surface area contributed by atoms with E-state index in [-0.39, 0.29) is 5.75 Å². The highest BCUT2D eigenvalue weighted by Crippen LogP contribution is 2.47. The average molecular weight is 415 g/mol. The van der Waals surface area contributed by atoms with E-state index in [1.807, 2.05) is 18.2 Å². The molecule has 1 N–H and O–H groups in total. The monoisotopic (exact) mass is 414 g/mol. The molecule has 2 aromatic carbocycles. The van der Waals surface area contributed by atoms with Crippen LogP contribution in [-0.2, 0) is 13.0 Å².